The highest BCUT2D eigenvalue weighted by atomic mass is 16.5. The minimum absolute atomic E-state index is 0.330. The monoisotopic (exact) mass is 285 g/mol. The summed E-state index contributed by atoms with van der Waals surface area (Å²) in [5, 5.41) is 8.68. The Labute approximate surface area is 121 Å². The van der Waals surface area contributed by atoms with Crippen molar-refractivity contribution in [2.45, 2.75) is 20.4 Å². The Kier molecular flexibility index (Phi) is 3.17. The van der Waals surface area contributed by atoms with Crippen molar-refractivity contribution in [3.63, 3.8) is 0 Å². The largest absolute Gasteiger partial charge is 0.464 e. The lowest BCUT2D eigenvalue weighted by molar-refractivity contribution is 0.0590. The summed E-state index contributed by atoms with van der Waals surface area (Å²) >= 11 is 0. The molecule has 108 valence electrons. The highest BCUT2D eigenvalue weighted by Crippen LogP contribution is 2.19. The lowest BCUT2D eigenvalue weighted by atomic mass is 10.2. The molecule has 7 heteroatoms. The Morgan fingerprint density at radius 1 is 1.29 bits per heavy atom. The minimum Gasteiger partial charge on any atom is -0.464 e. The molecule has 0 amide bonds. The Hall–Kier alpha value is -2.70. The van der Waals surface area contributed by atoms with Crippen molar-refractivity contribution in [1.82, 2.24) is 24.4 Å². The summed E-state index contributed by atoms with van der Waals surface area (Å²) in [6.07, 6.45) is 1.88. The van der Waals surface area contributed by atoms with Gasteiger partial charge in [-0.05, 0) is 26.0 Å². The predicted octanol–water partition coefficient (Wildman–Crippen LogP) is 1.71. The molecule has 0 aliphatic carbocycles. The fourth-order valence-corrected chi connectivity index (χ4v) is 2.14. The number of nitrogens with zero attached hydrogens (tertiary/aromatic N) is 5. The van der Waals surface area contributed by atoms with Crippen molar-refractivity contribution in [2.24, 2.45) is 0 Å². The lowest BCUT2D eigenvalue weighted by Crippen LogP contribution is -2.10. The smallest absolute Gasteiger partial charge is 0.356 e. The van der Waals surface area contributed by atoms with Crippen LogP contribution in [-0.4, -0.2) is 37.5 Å². The second-order valence-corrected chi connectivity index (χ2v) is 4.63. The molecule has 0 bridgehead atoms. The predicted molar refractivity (Wildman–Crippen MR) is 76.0 cm³/mol. The Morgan fingerprint density at radius 2 is 2.10 bits per heavy atom. The summed E-state index contributed by atoms with van der Waals surface area (Å²) < 4.78 is 8.11. The van der Waals surface area contributed by atoms with Gasteiger partial charge in [0.05, 0.1) is 18.5 Å². The summed E-state index contributed by atoms with van der Waals surface area (Å²) in [5.41, 5.74) is 3.04. The van der Waals surface area contributed by atoms with Gasteiger partial charge < -0.3 is 4.74 Å². The Bertz CT molecular complexity index is 818. The second kappa shape index (κ2) is 5.01. The number of ether oxygens (including phenoxy) is 1. The maximum atomic E-state index is 11.9. The van der Waals surface area contributed by atoms with Crippen LogP contribution in [0.4, 0.5) is 0 Å². The van der Waals surface area contributed by atoms with Gasteiger partial charge >= 0.3 is 5.97 Å². The van der Waals surface area contributed by atoms with Crippen molar-refractivity contribution >= 4 is 11.6 Å². The van der Waals surface area contributed by atoms with E-state index in [-0.39, 0.29) is 0 Å². The Balaban J connectivity index is 2.21. The van der Waals surface area contributed by atoms with Crippen LogP contribution in [0.5, 0.6) is 0 Å². The van der Waals surface area contributed by atoms with Crippen molar-refractivity contribution in [1.29, 1.82) is 0 Å². The van der Waals surface area contributed by atoms with E-state index in [1.807, 2.05) is 32.2 Å². The third-order valence-corrected chi connectivity index (χ3v) is 3.17. The van der Waals surface area contributed by atoms with Crippen LogP contribution < -0.4 is 0 Å². The number of hydrogen-bond acceptors (Lipinski definition) is 5. The van der Waals surface area contributed by atoms with E-state index in [2.05, 4.69) is 15.2 Å². The fourth-order valence-electron chi connectivity index (χ4n) is 2.14. The molecule has 0 spiro atoms. The van der Waals surface area contributed by atoms with Gasteiger partial charge in [-0.25, -0.2) is 14.3 Å². The fraction of sp³-hybridized carbons (Fsp3) is 0.286. The third kappa shape index (κ3) is 2.26. The summed E-state index contributed by atoms with van der Waals surface area (Å²) in [6, 6.07) is 5.33. The molecule has 0 unspecified atom stereocenters. The molecule has 21 heavy (non-hydrogen) atoms. The van der Waals surface area contributed by atoms with E-state index in [0.717, 1.165) is 12.2 Å². The molecule has 0 N–H and O–H groups in total. The van der Waals surface area contributed by atoms with E-state index in [9.17, 15) is 4.79 Å². The molecule has 0 saturated heterocycles. The van der Waals surface area contributed by atoms with Crippen molar-refractivity contribution in [2.75, 3.05) is 7.11 Å². The Morgan fingerprint density at radius 3 is 2.76 bits per heavy atom. The molecule has 0 fully saturated rings. The van der Waals surface area contributed by atoms with Crippen LogP contribution in [0.3, 0.4) is 0 Å². The topological polar surface area (TPSA) is 74.3 Å². The number of aromatic nitrogens is 5. The van der Waals surface area contributed by atoms with Crippen LogP contribution in [0.2, 0.25) is 0 Å². The molecule has 0 atom stereocenters. The molecular formula is C14H15N5O2. The first-order valence-electron chi connectivity index (χ1n) is 6.62. The summed E-state index contributed by atoms with van der Waals surface area (Å²) in [4.78, 5) is 16.5. The van der Waals surface area contributed by atoms with Gasteiger partial charge in [-0.15, -0.1) is 0 Å². The van der Waals surface area contributed by atoms with Gasteiger partial charge in [0, 0.05) is 18.8 Å². The number of methoxy groups -OCH3 is 1. The average Bonchev–Trinajstić information content (AvgIpc) is 3.10. The first-order valence-corrected chi connectivity index (χ1v) is 6.62. The van der Waals surface area contributed by atoms with Gasteiger partial charge in [-0.1, -0.05) is 0 Å². The van der Waals surface area contributed by atoms with E-state index in [1.165, 1.54) is 11.6 Å². The van der Waals surface area contributed by atoms with E-state index < -0.39 is 5.97 Å². The molecule has 3 heterocycles. The van der Waals surface area contributed by atoms with Crippen LogP contribution >= 0.6 is 0 Å². The van der Waals surface area contributed by atoms with E-state index >= 15 is 0 Å². The van der Waals surface area contributed by atoms with Crippen LogP contribution in [0.25, 0.3) is 17.0 Å². The zero-order valence-corrected chi connectivity index (χ0v) is 12.1. The second-order valence-electron chi connectivity index (χ2n) is 4.63. The molecule has 3 aromatic rings. The van der Waals surface area contributed by atoms with Gasteiger partial charge in [-0.3, -0.25) is 4.68 Å². The van der Waals surface area contributed by atoms with Gasteiger partial charge in [0.15, 0.2) is 11.3 Å². The molecule has 0 aliphatic heterocycles. The number of hydrogen-bond donors (Lipinski definition) is 0. The summed E-state index contributed by atoms with van der Waals surface area (Å²) in [5.74, 6) is -0.457. The highest BCUT2D eigenvalue weighted by molar-refractivity contribution is 5.89. The number of rotatable bonds is 3. The first-order chi connectivity index (χ1) is 10.1. The normalized spacial score (nSPS) is 11.0. The molecule has 0 aliphatic rings. The van der Waals surface area contributed by atoms with Crippen molar-refractivity contribution in [3.8, 4) is 11.4 Å². The quantitative estimate of drug-likeness (QED) is 0.685. The number of esters is 1. The highest BCUT2D eigenvalue weighted by Gasteiger charge is 2.17. The van der Waals surface area contributed by atoms with Crippen LogP contribution in [0, 0.1) is 6.92 Å². The molecule has 3 rings (SSSR count). The number of carbonyl (C=O) groups excluding carboxylic acids is 1. The maximum absolute atomic E-state index is 11.9. The van der Waals surface area contributed by atoms with Gasteiger partial charge in [-0.2, -0.15) is 10.2 Å². The van der Waals surface area contributed by atoms with Crippen LogP contribution in [0.15, 0.2) is 24.4 Å². The third-order valence-electron chi connectivity index (χ3n) is 3.17. The summed E-state index contributed by atoms with van der Waals surface area (Å²) in [6.45, 7) is 4.63. The molecule has 0 aromatic carbocycles. The van der Waals surface area contributed by atoms with E-state index in [0.29, 0.717) is 22.7 Å². The number of fused-ring (bicyclic) bond motifs is 1. The maximum Gasteiger partial charge on any atom is 0.356 e. The molecule has 3 aromatic heterocycles. The number of aryl methyl sites for hydroxylation is 2. The van der Waals surface area contributed by atoms with Gasteiger partial charge in [0.25, 0.3) is 0 Å². The van der Waals surface area contributed by atoms with Gasteiger partial charge in [0.2, 0.25) is 0 Å². The van der Waals surface area contributed by atoms with Crippen LogP contribution in [0.1, 0.15) is 23.1 Å². The molecule has 7 nitrogen and oxygen atoms in total. The average molecular weight is 285 g/mol. The number of carbonyl (C=O) groups is 1. The molecular weight excluding hydrogens is 270 g/mol. The molecule has 0 radical (unpaired) electrons. The standard InChI is InChI=1S/C14H15N5O2/c1-4-18-6-5-10(17-18)11-8-12(14(20)21-3)19-13(15-11)7-9(2)16-19/h5-8H,4H2,1-3H3. The SMILES string of the molecule is CCn1ccc(-c2cc(C(=O)OC)n3nc(C)cc3n2)n1. The van der Waals surface area contributed by atoms with Crippen molar-refractivity contribution < 1.29 is 9.53 Å². The zero-order chi connectivity index (χ0) is 15.0. The molecule has 0 saturated carbocycles. The summed E-state index contributed by atoms with van der Waals surface area (Å²) in [7, 11) is 1.34. The first kappa shape index (κ1) is 13.3. The van der Waals surface area contributed by atoms with E-state index in [1.54, 1.807) is 10.7 Å². The zero-order valence-electron chi connectivity index (χ0n) is 12.1. The van der Waals surface area contributed by atoms with Gasteiger partial charge in [0.1, 0.15) is 5.69 Å². The van der Waals surface area contributed by atoms with Crippen molar-refractivity contribution in [3.05, 3.63) is 35.8 Å². The minimum atomic E-state index is -0.457. The lowest BCUT2D eigenvalue weighted by Gasteiger charge is -2.05. The van der Waals surface area contributed by atoms with E-state index in [4.69, 9.17) is 4.74 Å². The van der Waals surface area contributed by atoms with Crippen LogP contribution in [-0.2, 0) is 11.3 Å².